The van der Waals surface area contributed by atoms with Crippen LogP contribution in [0.25, 0.3) is 10.3 Å². The van der Waals surface area contributed by atoms with Crippen LogP contribution in [0.1, 0.15) is 56.9 Å². The molecule has 1 amide bonds. The molecule has 3 aromatic rings. The first kappa shape index (κ1) is 27.9. The quantitative estimate of drug-likeness (QED) is 0.314. The fraction of sp³-hybridized carbons (Fsp3) is 0.462. The largest absolute Gasteiger partial charge is 0.481 e. The molecular weight excluding hydrogens is 528 g/mol. The van der Waals surface area contributed by atoms with E-state index >= 15 is 0 Å². The van der Waals surface area contributed by atoms with Gasteiger partial charge in [0, 0.05) is 12.6 Å². The number of thiazole rings is 1. The van der Waals surface area contributed by atoms with Gasteiger partial charge in [-0.1, -0.05) is 49.2 Å². The number of methoxy groups -OCH3 is 1. The highest BCUT2D eigenvalue weighted by molar-refractivity contribution is 7.89. The molecule has 1 unspecified atom stereocenters. The van der Waals surface area contributed by atoms with Gasteiger partial charge < -0.3 is 14.8 Å². The van der Waals surface area contributed by atoms with Crippen LogP contribution < -0.4 is 14.8 Å². The van der Waals surface area contributed by atoms with Gasteiger partial charge in [0.2, 0.25) is 21.8 Å². The van der Waals surface area contributed by atoms with Crippen LogP contribution in [-0.2, 0) is 24.3 Å². The maximum absolute atomic E-state index is 13.5. The van der Waals surface area contributed by atoms with Gasteiger partial charge in [-0.15, -0.1) is 0 Å². The Morgan fingerprint density at radius 3 is 2.53 bits per heavy atom. The number of benzene rings is 1. The first-order chi connectivity index (χ1) is 18.3. The Morgan fingerprint density at radius 2 is 1.84 bits per heavy atom. The molecule has 0 spiro atoms. The van der Waals surface area contributed by atoms with E-state index in [-0.39, 0.29) is 30.4 Å². The molecule has 0 saturated heterocycles. The smallest absolute Gasteiger partial charge is 0.307 e. The number of anilines is 1. The maximum atomic E-state index is 13.5. The number of carbonyl (C=O) groups is 2. The van der Waals surface area contributed by atoms with E-state index in [4.69, 9.17) is 9.47 Å². The van der Waals surface area contributed by atoms with Crippen molar-refractivity contribution in [3.05, 3.63) is 42.0 Å². The van der Waals surface area contributed by atoms with E-state index in [9.17, 15) is 18.0 Å². The highest BCUT2D eigenvalue weighted by Crippen LogP contribution is 2.36. The van der Waals surface area contributed by atoms with Crippen LogP contribution in [0, 0.1) is 5.92 Å². The lowest BCUT2D eigenvalue weighted by Gasteiger charge is -2.20. The summed E-state index contributed by atoms with van der Waals surface area (Å²) in [5.41, 5.74) is 1.41. The molecule has 38 heavy (non-hydrogen) atoms. The summed E-state index contributed by atoms with van der Waals surface area (Å²) in [6, 6.07) is 9.87. The fourth-order valence-electron chi connectivity index (χ4n) is 4.62. The van der Waals surface area contributed by atoms with Crippen LogP contribution in [0.4, 0.5) is 5.13 Å². The summed E-state index contributed by atoms with van der Waals surface area (Å²) in [6.07, 6.45) is 5.07. The van der Waals surface area contributed by atoms with Crippen LogP contribution in [0.3, 0.4) is 0 Å². The van der Waals surface area contributed by atoms with Crippen molar-refractivity contribution in [3.8, 4) is 5.88 Å². The molecule has 12 heteroatoms. The minimum absolute atomic E-state index is 0.0527. The topological polar surface area (TPSA) is 137 Å². The summed E-state index contributed by atoms with van der Waals surface area (Å²) in [4.78, 5) is 34.6. The number of hydrogen-bond donors (Lipinski definition) is 2. The van der Waals surface area contributed by atoms with Gasteiger partial charge in [-0.05, 0) is 43.0 Å². The van der Waals surface area contributed by atoms with E-state index in [0.29, 0.717) is 33.7 Å². The third-order valence-corrected chi connectivity index (χ3v) is 8.91. The first-order valence-corrected chi connectivity index (χ1v) is 15.0. The van der Waals surface area contributed by atoms with Crippen LogP contribution in [0.15, 0.2) is 41.3 Å². The molecule has 2 N–H and O–H groups in total. The zero-order chi connectivity index (χ0) is 27.1. The van der Waals surface area contributed by atoms with Crippen LogP contribution >= 0.6 is 11.3 Å². The van der Waals surface area contributed by atoms with Crippen molar-refractivity contribution in [2.75, 3.05) is 25.6 Å². The van der Waals surface area contributed by atoms with Gasteiger partial charge in [0.1, 0.15) is 10.3 Å². The Labute approximate surface area is 226 Å². The normalized spacial score (nSPS) is 14.9. The summed E-state index contributed by atoms with van der Waals surface area (Å²) in [5.74, 6) is -0.204. The van der Waals surface area contributed by atoms with Crippen molar-refractivity contribution in [2.45, 2.75) is 56.3 Å². The molecule has 2 heterocycles. The van der Waals surface area contributed by atoms with Crippen molar-refractivity contribution in [3.63, 3.8) is 0 Å². The molecule has 0 radical (unpaired) electrons. The number of amides is 1. The lowest BCUT2D eigenvalue weighted by Crippen LogP contribution is -2.27. The number of hydrogen-bond acceptors (Lipinski definition) is 9. The third kappa shape index (κ3) is 7.06. The molecule has 1 saturated carbocycles. The van der Waals surface area contributed by atoms with Gasteiger partial charge >= 0.3 is 5.97 Å². The van der Waals surface area contributed by atoms with Gasteiger partial charge in [0.05, 0.1) is 31.0 Å². The number of aromatic nitrogens is 2. The highest BCUT2D eigenvalue weighted by Gasteiger charge is 2.28. The van der Waals surface area contributed by atoms with Gasteiger partial charge in [-0.2, -0.15) is 0 Å². The molecule has 10 nitrogen and oxygen atoms in total. The van der Waals surface area contributed by atoms with Crippen molar-refractivity contribution in [2.24, 2.45) is 5.92 Å². The second-order valence-electron chi connectivity index (χ2n) is 9.15. The SMILES string of the molecule is CCOC(=O)CCNS(=O)(=O)c1ccc(C(CC2CCCC2)C(=O)Nc2nc3ccc(OC)nc3s2)cc1. The number of pyridine rings is 1. The Morgan fingerprint density at radius 1 is 1.11 bits per heavy atom. The van der Waals surface area contributed by atoms with Crippen LogP contribution in [0.5, 0.6) is 5.88 Å². The number of ether oxygens (including phenoxy) is 2. The molecule has 1 atom stereocenters. The van der Waals surface area contributed by atoms with Gasteiger partial charge in [-0.3, -0.25) is 9.59 Å². The number of nitrogens with zero attached hydrogens (tertiary/aromatic N) is 2. The molecule has 1 aromatic carbocycles. The second kappa shape index (κ2) is 12.6. The lowest BCUT2D eigenvalue weighted by atomic mass is 9.87. The average molecular weight is 561 g/mol. The van der Waals surface area contributed by atoms with E-state index in [2.05, 4.69) is 20.0 Å². The standard InChI is InChI=1S/C26H32N4O6S2/c1-3-36-23(31)14-15-27-38(33,34)19-10-8-18(9-11-19)20(16-17-6-4-5-7-17)24(32)30-26-28-21-12-13-22(35-2)29-25(21)37-26/h8-13,17,20,27H,3-7,14-16H2,1-2H3,(H,28,30,32). The minimum Gasteiger partial charge on any atom is -0.481 e. The zero-order valence-electron chi connectivity index (χ0n) is 21.4. The van der Waals surface area contributed by atoms with E-state index in [1.807, 2.05) is 0 Å². The maximum Gasteiger partial charge on any atom is 0.307 e. The van der Waals surface area contributed by atoms with Gasteiger partial charge in [0.15, 0.2) is 5.13 Å². The van der Waals surface area contributed by atoms with Gasteiger partial charge in [0.25, 0.3) is 0 Å². The molecule has 1 fully saturated rings. The van der Waals surface area contributed by atoms with E-state index < -0.39 is 21.9 Å². The van der Waals surface area contributed by atoms with Crippen LogP contribution in [-0.4, -0.2) is 50.5 Å². The lowest BCUT2D eigenvalue weighted by molar-refractivity contribution is -0.142. The van der Waals surface area contributed by atoms with Crippen molar-refractivity contribution < 1.29 is 27.5 Å². The monoisotopic (exact) mass is 560 g/mol. The minimum atomic E-state index is -3.81. The summed E-state index contributed by atoms with van der Waals surface area (Å²) in [7, 11) is -2.27. The average Bonchev–Trinajstić information content (AvgIpc) is 3.56. The Hall–Kier alpha value is -3.09. The Bertz CT molecular complexity index is 1370. The predicted octanol–water partition coefficient (Wildman–Crippen LogP) is 4.23. The molecule has 204 valence electrons. The third-order valence-electron chi connectivity index (χ3n) is 6.55. The molecule has 0 aliphatic heterocycles. The van der Waals surface area contributed by atoms with Crippen LogP contribution in [0.2, 0.25) is 0 Å². The predicted molar refractivity (Wildman–Crippen MR) is 145 cm³/mol. The van der Waals surface area contributed by atoms with Crippen molar-refractivity contribution in [1.82, 2.24) is 14.7 Å². The molecule has 2 aromatic heterocycles. The molecule has 1 aliphatic carbocycles. The summed E-state index contributed by atoms with van der Waals surface area (Å²) in [5, 5.41) is 3.40. The number of fused-ring (bicyclic) bond motifs is 1. The zero-order valence-corrected chi connectivity index (χ0v) is 23.1. The van der Waals surface area contributed by atoms with E-state index in [1.54, 1.807) is 38.3 Å². The molecule has 0 bridgehead atoms. The number of carbonyl (C=O) groups excluding carboxylic acids is 2. The van der Waals surface area contributed by atoms with E-state index in [1.165, 1.54) is 23.5 Å². The molecule has 1 aliphatic rings. The van der Waals surface area contributed by atoms with Crippen molar-refractivity contribution in [1.29, 1.82) is 0 Å². The number of rotatable bonds is 12. The highest BCUT2D eigenvalue weighted by atomic mass is 32.2. The Balaban J connectivity index is 1.49. The van der Waals surface area contributed by atoms with E-state index in [0.717, 1.165) is 31.2 Å². The summed E-state index contributed by atoms with van der Waals surface area (Å²) < 4.78 is 37.8. The number of sulfonamides is 1. The molecule has 4 rings (SSSR count). The van der Waals surface area contributed by atoms with Crippen molar-refractivity contribution >= 4 is 48.7 Å². The van der Waals surface area contributed by atoms with Gasteiger partial charge in [-0.25, -0.2) is 23.1 Å². The fourth-order valence-corrected chi connectivity index (χ4v) is 6.48. The second-order valence-corrected chi connectivity index (χ2v) is 11.9. The first-order valence-electron chi connectivity index (χ1n) is 12.7. The summed E-state index contributed by atoms with van der Waals surface area (Å²) >= 11 is 1.27. The molecular formula is C26H32N4O6S2. The number of esters is 1. The summed E-state index contributed by atoms with van der Waals surface area (Å²) in [6.45, 7) is 1.88. The Kier molecular flexibility index (Phi) is 9.29. The number of nitrogens with one attached hydrogen (secondary N) is 2.